The maximum atomic E-state index is 12.7. The van der Waals surface area contributed by atoms with Gasteiger partial charge in [0.15, 0.2) is 0 Å². The number of benzene rings is 1. The van der Waals surface area contributed by atoms with Gasteiger partial charge in [-0.25, -0.2) is 9.48 Å². The summed E-state index contributed by atoms with van der Waals surface area (Å²) in [5.74, 6) is 0.544. The molecule has 1 unspecified atom stereocenters. The Hall–Kier alpha value is -2.61. The first-order chi connectivity index (χ1) is 15.0. The molecule has 0 radical (unpaired) electrons. The number of hydrogen-bond donors (Lipinski definition) is 1. The summed E-state index contributed by atoms with van der Waals surface area (Å²) < 4.78 is 3.27. The molecule has 2 amide bonds. The highest BCUT2D eigenvalue weighted by atomic mass is 35.5. The van der Waals surface area contributed by atoms with Crippen molar-refractivity contribution >= 4 is 23.4 Å². The van der Waals surface area contributed by atoms with Crippen molar-refractivity contribution in [2.45, 2.75) is 51.6 Å². The van der Waals surface area contributed by atoms with Gasteiger partial charge >= 0.3 is 5.69 Å². The van der Waals surface area contributed by atoms with Crippen molar-refractivity contribution < 1.29 is 9.59 Å². The van der Waals surface area contributed by atoms with Crippen LogP contribution in [0, 0.1) is 5.92 Å². The summed E-state index contributed by atoms with van der Waals surface area (Å²) in [5.41, 5.74) is 0.531. The topological polar surface area (TPSA) is 89.2 Å². The normalized spacial score (nSPS) is 18.5. The largest absolute Gasteiger partial charge is 0.356 e. The third kappa shape index (κ3) is 5.01. The number of piperidine rings is 1. The Morgan fingerprint density at radius 3 is 2.71 bits per heavy atom. The van der Waals surface area contributed by atoms with Crippen LogP contribution in [0.4, 0.5) is 0 Å². The fourth-order valence-corrected chi connectivity index (χ4v) is 4.46. The summed E-state index contributed by atoms with van der Waals surface area (Å²) in [6, 6.07) is 6.82. The smallest absolute Gasteiger partial charge is 0.345 e. The Morgan fingerprint density at radius 2 is 1.94 bits per heavy atom. The molecule has 0 aliphatic carbocycles. The minimum absolute atomic E-state index is 0.0370. The van der Waals surface area contributed by atoms with E-state index in [9.17, 15) is 14.4 Å². The van der Waals surface area contributed by atoms with Gasteiger partial charge in [0.2, 0.25) is 5.91 Å². The second-order valence-corrected chi connectivity index (χ2v) is 8.71. The van der Waals surface area contributed by atoms with Crippen LogP contribution >= 0.6 is 11.6 Å². The van der Waals surface area contributed by atoms with Crippen molar-refractivity contribution in [2.75, 3.05) is 19.6 Å². The van der Waals surface area contributed by atoms with Crippen LogP contribution in [0.25, 0.3) is 0 Å². The Bertz CT molecular complexity index is 998. The molecule has 2 aliphatic rings. The van der Waals surface area contributed by atoms with Gasteiger partial charge in [0.25, 0.3) is 5.91 Å². The first kappa shape index (κ1) is 21.6. The maximum absolute atomic E-state index is 12.7. The Morgan fingerprint density at radius 1 is 1.13 bits per heavy atom. The molecule has 2 aliphatic heterocycles. The van der Waals surface area contributed by atoms with E-state index in [1.807, 2.05) is 0 Å². The van der Waals surface area contributed by atoms with Crippen LogP contribution in [0.5, 0.6) is 0 Å². The Balaban J connectivity index is 1.25. The summed E-state index contributed by atoms with van der Waals surface area (Å²) >= 11 is 5.90. The average molecular weight is 446 g/mol. The highest BCUT2D eigenvalue weighted by Crippen LogP contribution is 2.20. The molecular weight excluding hydrogens is 418 g/mol. The van der Waals surface area contributed by atoms with Crippen LogP contribution < -0.4 is 11.0 Å². The molecule has 4 rings (SSSR count). The van der Waals surface area contributed by atoms with Gasteiger partial charge < -0.3 is 10.2 Å². The lowest BCUT2D eigenvalue weighted by atomic mass is 9.96. The SMILES string of the molecule is O=C(NCCCn1nc2n(c1=O)CCCC2)C1CCCN(C(=O)c2ccc(Cl)cc2)C1. The van der Waals surface area contributed by atoms with E-state index >= 15 is 0 Å². The minimum Gasteiger partial charge on any atom is -0.356 e. The van der Waals surface area contributed by atoms with E-state index < -0.39 is 0 Å². The zero-order valence-electron chi connectivity index (χ0n) is 17.6. The van der Waals surface area contributed by atoms with Crippen LogP contribution in [0.1, 0.15) is 48.3 Å². The molecule has 2 aromatic rings. The predicted octanol–water partition coefficient (Wildman–Crippen LogP) is 2.09. The number of carbonyl (C=O) groups is 2. The standard InChI is InChI=1S/C22H28ClN5O3/c23-18-9-7-16(8-10-18)21(30)26-12-3-5-17(15-26)20(29)24-11-4-14-28-22(31)27-13-2-1-6-19(27)25-28/h7-10,17H,1-6,11-15H2,(H,24,29). The number of likely N-dealkylation sites (tertiary alicyclic amines) is 1. The third-order valence-electron chi connectivity index (χ3n) is 6.05. The zero-order chi connectivity index (χ0) is 21.8. The molecule has 0 spiro atoms. The predicted molar refractivity (Wildman–Crippen MR) is 117 cm³/mol. The van der Waals surface area contributed by atoms with Gasteiger partial charge in [-0.15, -0.1) is 0 Å². The zero-order valence-corrected chi connectivity index (χ0v) is 18.3. The lowest BCUT2D eigenvalue weighted by molar-refractivity contribution is -0.126. The fourth-order valence-electron chi connectivity index (χ4n) is 4.33. The molecule has 3 heterocycles. The van der Waals surface area contributed by atoms with E-state index in [0.717, 1.165) is 44.5 Å². The summed E-state index contributed by atoms with van der Waals surface area (Å²) in [5, 5.41) is 7.98. The van der Waals surface area contributed by atoms with Gasteiger partial charge in [0.1, 0.15) is 5.82 Å². The number of nitrogens with one attached hydrogen (secondary N) is 1. The third-order valence-corrected chi connectivity index (χ3v) is 6.30. The number of amides is 2. The van der Waals surface area contributed by atoms with E-state index in [1.54, 1.807) is 33.7 Å². The van der Waals surface area contributed by atoms with Crippen molar-refractivity contribution in [3.8, 4) is 0 Å². The lowest BCUT2D eigenvalue weighted by Crippen LogP contribution is -2.45. The second-order valence-electron chi connectivity index (χ2n) is 8.27. The number of hydrogen-bond acceptors (Lipinski definition) is 4. The molecule has 1 atom stereocenters. The number of aromatic nitrogens is 3. The van der Waals surface area contributed by atoms with Crippen molar-refractivity contribution in [3.05, 3.63) is 51.2 Å². The Labute approximate surface area is 186 Å². The van der Waals surface area contributed by atoms with Gasteiger partial charge in [-0.2, -0.15) is 5.10 Å². The number of fused-ring (bicyclic) bond motifs is 1. The van der Waals surface area contributed by atoms with Crippen LogP contribution in [-0.2, 0) is 24.3 Å². The summed E-state index contributed by atoms with van der Waals surface area (Å²) in [7, 11) is 0. The summed E-state index contributed by atoms with van der Waals surface area (Å²) in [4.78, 5) is 39.4. The van der Waals surface area contributed by atoms with E-state index in [0.29, 0.717) is 43.2 Å². The first-order valence-corrected chi connectivity index (χ1v) is 11.4. The molecular formula is C22H28ClN5O3. The van der Waals surface area contributed by atoms with Crippen molar-refractivity contribution in [1.29, 1.82) is 0 Å². The monoisotopic (exact) mass is 445 g/mol. The van der Waals surface area contributed by atoms with Crippen molar-refractivity contribution in [2.24, 2.45) is 5.92 Å². The average Bonchev–Trinajstić information content (AvgIpc) is 3.12. The van der Waals surface area contributed by atoms with Crippen molar-refractivity contribution in [3.63, 3.8) is 0 Å². The number of aryl methyl sites for hydroxylation is 2. The molecule has 31 heavy (non-hydrogen) atoms. The van der Waals surface area contributed by atoms with Crippen LogP contribution in [0.15, 0.2) is 29.1 Å². The Kier molecular flexibility index (Phi) is 6.75. The molecule has 1 saturated heterocycles. The van der Waals surface area contributed by atoms with Gasteiger partial charge in [0.05, 0.1) is 5.92 Å². The molecule has 9 heteroatoms. The molecule has 0 saturated carbocycles. The molecule has 166 valence electrons. The molecule has 1 aromatic carbocycles. The molecule has 1 N–H and O–H groups in total. The van der Waals surface area contributed by atoms with Crippen LogP contribution in [0.2, 0.25) is 5.02 Å². The van der Waals surface area contributed by atoms with Gasteiger partial charge in [-0.1, -0.05) is 11.6 Å². The fraction of sp³-hybridized carbons (Fsp3) is 0.545. The van der Waals surface area contributed by atoms with Gasteiger partial charge in [-0.3, -0.25) is 14.2 Å². The number of nitrogens with zero attached hydrogens (tertiary/aromatic N) is 4. The highest BCUT2D eigenvalue weighted by molar-refractivity contribution is 6.30. The molecule has 1 fully saturated rings. The van der Waals surface area contributed by atoms with Crippen LogP contribution in [-0.4, -0.2) is 50.7 Å². The number of halogens is 1. The first-order valence-electron chi connectivity index (χ1n) is 11.0. The maximum Gasteiger partial charge on any atom is 0.345 e. The molecule has 1 aromatic heterocycles. The van der Waals surface area contributed by atoms with Crippen LogP contribution in [0.3, 0.4) is 0 Å². The second kappa shape index (κ2) is 9.68. The quantitative estimate of drug-likeness (QED) is 0.689. The summed E-state index contributed by atoms with van der Waals surface area (Å²) in [6.07, 6.45) is 5.16. The summed E-state index contributed by atoms with van der Waals surface area (Å²) in [6.45, 7) is 2.79. The van der Waals surface area contributed by atoms with Gasteiger partial charge in [0, 0.05) is 49.7 Å². The number of carbonyl (C=O) groups excluding carboxylic acids is 2. The van der Waals surface area contributed by atoms with E-state index in [2.05, 4.69) is 10.4 Å². The van der Waals surface area contributed by atoms with E-state index in [4.69, 9.17) is 11.6 Å². The highest BCUT2D eigenvalue weighted by Gasteiger charge is 2.28. The molecule has 8 nitrogen and oxygen atoms in total. The lowest BCUT2D eigenvalue weighted by Gasteiger charge is -2.32. The van der Waals surface area contributed by atoms with Crippen molar-refractivity contribution in [1.82, 2.24) is 24.6 Å². The minimum atomic E-state index is -0.215. The molecule has 0 bridgehead atoms. The van der Waals surface area contributed by atoms with E-state index in [1.165, 1.54) is 4.68 Å². The number of rotatable bonds is 6. The van der Waals surface area contributed by atoms with E-state index in [-0.39, 0.29) is 23.4 Å². The van der Waals surface area contributed by atoms with Gasteiger partial charge in [-0.05, 0) is 56.4 Å².